The van der Waals surface area contributed by atoms with Crippen LogP contribution < -0.4 is 5.73 Å². The lowest BCUT2D eigenvalue weighted by Crippen LogP contribution is -2.39. The monoisotopic (exact) mass is 299 g/mol. The predicted molar refractivity (Wildman–Crippen MR) is 85.3 cm³/mol. The Hall–Kier alpha value is -1.98. The highest BCUT2D eigenvalue weighted by molar-refractivity contribution is 5.81. The quantitative estimate of drug-likeness (QED) is 0.931. The molecule has 0 bridgehead atoms. The zero-order valence-electron chi connectivity index (χ0n) is 13.0. The van der Waals surface area contributed by atoms with Crippen molar-refractivity contribution in [3.05, 3.63) is 41.6 Å². The van der Waals surface area contributed by atoms with Gasteiger partial charge in [-0.3, -0.25) is 14.7 Å². The minimum atomic E-state index is -0.280. The third-order valence-electron chi connectivity index (χ3n) is 4.31. The van der Waals surface area contributed by atoms with Crippen LogP contribution >= 0.6 is 0 Å². The van der Waals surface area contributed by atoms with Crippen molar-refractivity contribution >= 4 is 16.8 Å². The highest BCUT2D eigenvalue weighted by Gasteiger charge is 2.35. The van der Waals surface area contributed by atoms with E-state index in [9.17, 15) is 4.79 Å². The summed E-state index contributed by atoms with van der Waals surface area (Å²) < 4.78 is 5.38. The maximum Gasteiger partial charge on any atom is 0.234 e. The first-order valence-corrected chi connectivity index (χ1v) is 7.49. The molecular formula is C17H21N3O2. The summed E-state index contributed by atoms with van der Waals surface area (Å²) in [4.78, 5) is 18.2. The lowest BCUT2D eigenvalue weighted by atomic mass is 10.1. The zero-order chi connectivity index (χ0) is 15.7. The Morgan fingerprint density at radius 3 is 2.95 bits per heavy atom. The van der Waals surface area contributed by atoms with Gasteiger partial charge < -0.3 is 10.5 Å². The van der Waals surface area contributed by atoms with Crippen LogP contribution in [0.15, 0.2) is 30.3 Å². The number of nitrogens with two attached hydrogens (primary N) is 1. The molecule has 1 fully saturated rings. The van der Waals surface area contributed by atoms with Crippen molar-refractivity contribution in [2.75, 3.05) is 13.7 Å². The molecule has 0 unspecified atom stereocenters. The molecule has 1 saturated heterocycles. The number of benzene rings is 1. The van der Waals surface area contributed by atoms with Gasteiger partial charge in [0.1, 0.15) is 0 Å². The van der Waals surface area contributed by atoms with E-state index in [4.69, 9.17) is 10.5 Å². The molecule has 1 amide bonds. The molecule has 2 N–H and O–H groups in total. The van der Waals surface area contributed by atoms with Gasteiger partial charge in [0.15, 0.2) is 0 Å². The molecular weight excluding hydrogens is 278 g/mol. The van der Waals surface area contributed by atoms with Gasteiger partial charge in [0.2, 0.25) is 5.91 Å². The number of likely N-dealkylation sites (tertiary alicyclic amines) is 1. The van der Waals surface area contributed by atoms with Crippen LogP contribution in [0.1, 0.15) is 17.7 Å². The van der Waals surface area contributed by atoms with Crippen LogP contribution in [0.3, 0.4) is 0 Å². The normalized spacial score (nSPS) is 22.3. The molecule has 0 radical (unpaired) electrons. The molecule has 0 aliphatic carbocycles. The second-order valence-electron chi connectivity index (χ2n) is 5.92. The Bertz CT molecular complexity index is 701. The summed E-state index contributed by atoms with van der Waals surface area (Å²) in [5.74, 6) is -0.280. The van der Waals surface area contributed by atoms with Gasteiger partial charge in [-0.1, -0.05) is 12.1 Å². The molecule has 2 atom stereocenters. The summed E-state index contributed by atoms with van der Waals surface area (Å²) in [5.41, 5.74) is 8.68. The third-order valence-corrected chi connectivity index (χ3v) is 4.31. The molecule has 0 spiro atoms. The highest BCUT2D eigenvalue weighted by Crippen LogP contribution is 2.23. The predicted octanol–water partition coefficient (Wildman–Crippen LogP) is 1.62. The van der Waals surface area contributed by atoms with Crippen molar-refractivity contribution in [3.63, 3.8) is 0 Å². The van der Waals surface area contributed by atoms with Crippen molar-refractivity contribution < 1.29 is 9.53 Å². The number of methoxy groups -OCH3 is 1. The number of hydrogen-bond donors (Lipinski definition) is 1. The number of aryl methyl sites for hydroxylation is 1. The Morgan fingerprint density at radius 1 is 1.41 bits per heavy atom. The number of ether oxygens (including phenoxy) is 1. The summed E-state index contributed by atoms with van der Waals surface area (Å²) >= 11 is 0. The summed E-state index contributed by atoms with van der Waals surface area (Å²) in [5, 5.41) is 1.11. The Kier molecular flexibility index (Phi) is 4.09. The number of carbonyl (C=O) groups is 1. The molecule has 1 aromatic carbocycles. The van der Waals surface area contributed by atoms with Crippen molar-refractivity contribution in [1.29, 1.82) is 0 Å². The van der Waals surface area contributed by atoms with Crippen LogP contribution in [0.2, 0.25) is 0 Å². The number of carbonyl (C=O) groups excluding carboxylic acids is 1. The number of aromatic nitrogens is 1. The number of amides is 1. The minimum Gasteiger partial charge on any atom is -0.380 e. The molecule has 3 rings (SSSR count). The molecule has 5 nitrogen and oxygen atoms in total. The van der Waals surface area contributed by atoms with Gasteiger partial charge in [-0.2, -0.15) is 0 Å². The average molecular weight is 299 g/mol. The first-order chi connectivity index (χ1) is 10.6. The topological polar surface area (TPSA) is 68.5 Å². The largest absolute Gasteiger partial charge is 0.380 e. The van der Waals surface area contributed by atoms with E-state index >= 15 is 0 Å². The Labute approximate surface area is 130 Å². The molecule has 5 heteroatoms. The van der Waals surface area contributed by atoms with Crippen molar-refractivity contribution in [2.24, 2.45) is 5.73 Å². The first kappa shape index (κ1) is 14.9. The lowest BCUT2D eigenvalue weighted by Gasteiger charge is -2.21. The average Bonchev–Trinajstić information content (AvgIpc) is 2.90. The van der Waals surface area contributed by atoms with Gasteiger partial charge in [0, 0.05) is 31.3 Å². The zero-order valence-corrected chi connectivity index (χ0v) is 13.0. The number of pyridine rings is 1. The van der Waals surface area contributed by atoms with Gasteiger partial charge >= 0.3 is 0 Å². The molecule has 2 aromatic rings. The van der Waals surface area contributed by atoms with E-state index in [2.05, 4.69) is 28.1 Å². The number of primary amides is 1. The summed E-state index contributed by atoms with van der Waals surface area (Å²) in [6.45, 7) is 3.41. The van der Waals surface area contributed by atoms with E-state index in [1.807, 2.05) is 19.1 Å². The molecule has 22 heavy (non-hydrogen) atoms. The molecule has 1 aliphatic rings. The van der Waals surface area contributed by atoms with Crippen LogP contribution in [0.5, 0.6) is 0 Å². The SMILES string of the molecule is CO[C@H]1C[C@@H](C(N)=O)N(Cc2ccc3nc(C)ccc3c2)C1. The fraction of sp³-hybridized carbons (Fsp3) is 0.412. The van der Waals surface area contributed by atoms with E-state index in [1.54, 1.807) is 7.11 Å². The number of fused-ring (bicyclic) bond motifs is 1. The van der Waals surface area contributed by atoms with E-state index < -0.39 is 0 Å². The smallest absolute Gasteiger partial charge is 0.234 e. The molecule has 2 heterocycles. The first-order valence-electron chi connectivity index (χ1n) is 7.49. The van der Waals surface area contributed by atoms with E-state index in [0.717, 1.165) is 28.7 Å². The standard InChI is InChI=1S/C17H21N3O2/c1-11-3-5-13-7-12(4-6-15(13)19-11)9-20-10-14(22-2)8-16(20)17(18)21/h3-7,14,16H,8-10H2,1-2H3,(H2,18,21)/t14-,16-/m0/s1. The Morgan fingerprint density at radius 2 is 2.23 bits per heavy atom. The number of hydrogen-bond acceptors (Lipinski definition) is 4. The van der Waals surface area contributed by atoms with E-state index in [-0.39, 0.29) is 18.1 Å². The van der Waals surface area contributed by atoms with Crippen molar-refractivity contribution in [3.8, 4) is 0 Å². The minimum absolute atomic E-state index is 0.0715. The molecule has 1 aromatic heterocycles. The number of rotatable bonds is 4. The fourth-order valence-corrected chi connectivity index (χ4v) is 3.11. The van der Waals surface area contributed by atoms with Crippen molar-refractivity contribution in [1.82, 2.24) is 9.88 Å². The van der Waals surface area contributed by atoms with Crippen LogP contribution in [0.4, 0.5) is 0 Å². The van der Waals surface area contributed by atoms with Crippen molar-refractivity contribution in [2.45, 2.75) is 32.0 Å². The van der Waals surface area contributed by atoms with Gasteiger partial charge in [0.25, 0.3) is 0 Å². The lowest BCUT2D eigenvalue weighted by molar-refractivity contribution is -0.122. The maximum atomic E-state index is 11.6. The summed E-state index contributed by atoms with van der Waals surface area (Å²) in [6.07, 6.45) is 0.738. The number of nitrogens with zero attached hydrogens (tertiary/aromatic N) is 2. The van der Waals surface area contributed by atoms with Gasteiger partial charge in [-0.05, 0) is 37.1 Å². The second-order valence-corrected chi connectivity index (χ2v) is 5.92. The summed E-state index contributed by atoms with van der Waals surface area (Å²) in [6, 6.07) is 10.1. The fourth-order valence-electron chi connectivity index (χ4n) is 3.11. The molecule has 1 aliphatic heterocycles. The molecule has 0 saturated carbocycles. The maximum absolute atomic E-state index is 11.6. The third kappa shape index (κ3) is 2.96. The van der Waals surface area contributed by atoms with Crippen LogP contribution in [-0.2, 0) is 16.1 Å². The van der Waals surface area contributed by atoms with Gasteiger partial charge in [0.05, 0.1) is 17.7 Å². The van der Waals surface area contributed by atoms with E-state index in [0.29, 0.717) is 13.0 Å². The molecule has 116 valence electrons. The van der Waals surface area contributed by atoms with Gasteiger partial charge in [-0.25, -0.2) is 0 Å². The highest BCUT2D eigenvalue weighted by atomic mass is 16.5. The Balaban J connectivity index is 1.82. The summed E-state index contributed by atoms with van der Waals surface area (Å²) in [7, 11) is 1.68. The van der Waals surface area contributed by atoms with E-state index in [1.165, 1.54) is 0 Å². The second kappa shape index (κ2) is 6.02. The van der Waals surface area contributed by atoms with Crippen LogP contribution in [0.25, 0.3) is 10.9 Å². The van der Waals surface area contributed by atoms with Crippen LogP contribution in [0, 0.1) is 6.92 Å². The van der Waals surface area contributed by atoms with Gasteiger partial charge in [-0.15, -0.1) is 0 Å². The van der Waals surface area contributed by atoms with Crippen LogP contribution in [-0.4, -0.2) is 41.6 Å².